The number of ether oxygens (including phenoxy) is 2. The highest BCUT2D eigenvalue weighted by atomic mass is 35.5. The number of benzene rings is 2. The molecule has 3 nitrogen and oxygen atoms in total. The molecule has 0 atom stereocenters. The largest absolute Gasteiger partial charge is 0.494 e. The fourth-order valence-corrected chi connectivity index (χ4v) is 1.89. The Morgan fingerprint density at radius 2 is 1.95 bits per heavy atom. The molecule has 0 aliphatic rings. The lowest BCUT2D eigenvalue weighted by molar-refractivity contribution is 0.297. The van der Waals surface area contributed by atoms with Gasteiger partial charge in [0.2, 0.25) is 0 Å². The lowest BCUT2D eigenvalue weighted by Gasteiger charge is -2.12. The predicted octanol–water partition coefficient (Wildman–Crippen LogP) is 3.65. The van der Waals surface area contributed by atoms with Crippen molar-refractivity contribution in [3.63, 3.8) is 0 Å². The molecule has 19 heavy (non-hydrogen) atoms. The van der Waals surface area contributed by atoms with Crippen molar-refractivity contribution in [1.82, 2.24) is 0 Å². The highest BCUT2D eigenvalue weighted by molar-refractivity contribution is 6.32. The molecule has 0 saturated carbocycles. The van der Waals surface area contributed by atoms with Crippen LogP contribution in [0.5, 0.6) is 11.5 Å². The molecule has 5 heteroatoms. The Morgan fingerprint density at radius 3 is 2.63 bits per heavy atom. The number of hydrogen-bond donors (Lipinski definition) is 1. The molecule has 0 spiro atoms. The lowest BCUT2D eigenvalue weighted by Crippen LogP contribution is -2.02. The summed E-state index contributed by atoms with van der Waals surface area (Å²) in [6.45, 7) is 0.0248. The normalized spacial score (nSPS) is 10.3. The van der Waals surface area contributed by atoms with Gasteiger partial charge in [-0.15, -0.1) is 0 Å². The molecule has 0 aromatic heterocycles. The second-order valence-electron chi connectivity index (χ2n) is 3.88. The summed E-state index contributed by atoms with van der Waals surface area (Å²) in [6, 6.07) is 9.90. The fourth-order valence-electron chi connectivity index (χ4n) is 1.65. The van der Waals surface area contributed by atoms with Crippen LogP contribution < -0.4 is 15.2 Å². The fraction of sp³-hybridized carbons (Fsp3) is 0.143. The van der Waals surface area contributed by atoms with E-state index in [2.05, 4.69) is 0 Å². The van der Waals surface area contributed by atoms with E-state index in [9.17, 15) is 4.39 Å². The van der Waals surface area contributed by atoms with E-state index in [0.29, 0.717) is 22.0 Å². The number of nitrogens with two attached hydrogens (primary N) is 1. The van der Waals surface area contributed by atoms with Crippen LogP contribution in [0.25, 0.3) is 0 Å². The summed E-state index contributed by atoms with van der Waals surface area (Å²) in [7, 11) is 1.41. The number of rotatable bonds is 4. The number of anilines is 1. The monoisotopic (exact) mass is 281 g/mol. The van der Waals surface area contributed by atoms with Crippen LogP contribution in [0, 0.1) is 5.82 Å². The van der Waals surface area contributed by atoms with Crippen molar-refractivity contribution in [1.29, 1.82) is 0 Å². The maximum absolute atomic E-state index is 13.9. The molecule has 0 heterocycles. The Kier molecular flexibility index (Phi) is 4.12. The van der Waals surface area contributed by atoms with E-state index < -0.39 is 5.82 Å². The number of methoxy groups -OCH3 is 1. The van der Waals surface area contributed by atoms with Crippen LogP contribution in [0.4, 0.5) is 10.1 Å². The summed E-state index contributed by atoms with van der Waals surface area (Å²) in [5, 5.41) is 0.392. The molecule has 0 bridgehead atoms. The Hall–Kier alpha value is -1.94. The van der Waals surface area contributed by atoms with Gasteiger partial charge in [-0.25, -0.2) is 4.39 Å². The summed E-state index contributed by atoms with van der Waals surface area (Å²) in [5.41, 5.74) is 6.54. The third kappa shape index (κ3) is 2.90. The molecule has 2 rings (SSSR count). The number of para-hydroxylation sites is 1. The van der Waals surface area contributed by atoms with Crippen LogP contribution in [0.15, 0.2) is 36.4 Å². The average Bonchev–Trinajstić information content (AvgIpc) is 2.40. The maximum atomic E-state index is 13.9. The lowest BCUT2D eigenvalue weighted by atomic mass is 10.2. The highest BCUT2D eigenvalue weighted by Crippen LogP contribution is 2.31. The van der Waals surface area contributed by atoms with Gasteiger partial charge in [0, 0.05) is 5.56 Å². The van der Waals surface area contributed by atoms with Crippen molar-refractivity contribution < 1.29 is 13.9 Å². The summed E-state index contributed by atoms with van der Waals surface area (Å²) >= 11 is 5.97. The van der Waals surface area contributed by atoms with E-state index in [0.717, 1.165) is 0 Å². The van der Waals surface area contributed by atoms with E-state index in [1.807, 2.05) is 0 Å². The zero-order chi connectivity index (χ0) is 13.8. The van der Waals surface area contributed by atoms with Crippen molar-refractivity contribution in [2.24, 2.45) is 0 Å². The van der Waals surface area contributed by atoms with Crippen molar-refractivity contribution in [3.8, 4) is 11.5 Å². The molecular formula is C14H13ClFNO2. The SMILES string of the molecule is COc1cccc(COc2c(N)cccc2Cl)c1F. The third-order valence-electron chi connectivity index (χ3n) is 2.63. The molecular weight excluding hydrogens is 269 g/mol. The van der Waals surface area contributed by atoms with E-state index in [1.165, 1.54) is 7.11 Å². The first-order chi connectivity index (χ1) is 9.13. The minimum Gasteiger partial charge on any atom is -0.494 e. The predicted molar refractivity (Wildman–Crippen MR) is 73.1 cm³/mol. The number of hydrogen-bond acceptors (Lipinski definition) is 3. The van der Waals surface area contributed by atoms with Crippen molar-refractivity contribution in [2.75, 3.05) is 12.8 Å². The molecule has 100 valence electrons. The van der Waals surface area contributed by atoms with Gasteiger partial charge in [0.05, 0.1) is 17.8 Å². The van der Waals surface area contributed by atoms with Crippen LogP contribution in [-0.2, 0) is 6.61 Å². The second kappa shape index (κ2) is 5.80. The van der Waals surface area contributed by atoms with Crippen molar-refractivity contribution in [2.45, 2.75) is 6.61 Å². The van der Waals surface area contributed by atoms with Crippen LogP contribution >= 0.6 is 11.6 Å². The third-order valence-corrected chi connectivity index (χ3v) is 2.93. The van der Waals surface area contributed by atoms with Gasteiger partial charge in [-0.05, 0) is 18.2 Å². The zero-order valence-corrected chi connectivity index (χ0v) is 11.1. The van der Waals surface area contributed by atoms with Gasteiger partial charge in [0.25, 0.3) is 0 Å². The second-order valence-corrected chi connectivity index (χ2v) is 4.29. The van der Waals surface area contributed by atoms with Gasteiger partial charge in [0.15, 0.2) is 17.3 Å². The molecule has 2 aromatic rings. The van der Waals surface area contributed by atoms with Crippen LogP contribution in [0.1, 0.15) is 5.56 Å². The summed E-state index contributed by atoms with van der Waals surface area (Å²) < 4.78 is 24.3. The molecule has 0 aliphatic heterocycles. The van der Waals surface area contributed by atoms with Gasteiger partial charge in [-0.3, -0.25) is 0 Å². The smallest absolute Gasteiger partial charge is 0.171 e. The molecule has 2 N–H and O–H groups in total. The minimum atomic E-state index is -0.448. The van der Waals surface area contributed by atoms with E-state index in [1.54, 1.807) is 36.4 Å². The van der Waals surface area contributed by atoms with Gasteiger partial charge < -0.3 is 15.2 Å². The molecule has 0 fully saturated rings. The standard InChI is InChI=1S/C14H13ClFNO2/c1-18-12-7-2-4-9(13(12)16)8-19-14-10(15)5-3-6-11(14)17/h2-7H,8,17H2,1H3. The topological polar surface area (TPSA) is 44.5 Å². The van der Waals surface area contributed by atoms with Gasteiger partial charge in [0.1, 0.15) is 6.61 Å². The van der Waals surface area contributed by atoms with Gasteiger partial charge in [-0.1, -0.05) is 29.8 Å². The maximum Gasteiger partial charge on any atom is 0.171 e. The molecule has 0 radical (unpaired) electrons. The minimum absolute atomic E-state index is 0.0248. The Bertz CT molecular complexity index is 569. The first-order valence-corrected chi connectivity index (χ1v) is 5.99. The van der Waals surface area contributed by atoms with Crippen molar-refractivity contribution >= 4 is 17.3 Å². The average molecular weight is 282 g/mol. The summed E-state index contributed by atoms with van der Waals surface area (Å²) in [5.74, 6) is 0.0789. The first-order valence-electron chi connectivity index (χ1n) is 5.61. The first kappa shape index (κ1) is 13.5. The molecule has 0 saturated heterocycles. The Morgan fingerprint density at radius 1 is 1.21 bits per heavy atom. The van der Waals surface area contributed by atoms with E-state index in [-0.39, 0.29) is 12.4 Å². The zero-order valence-electron chi connectivity index (χ0n) is 10.3. The Balaban J connectivity index is 2.19. The van der Waals surface area contributed by atoms with Gasteiger partial charge in [-0.2, -0.15) is 0 Å². The quantitative estimate of drug-likeness (QED) is 0.870. The van der Waals surface area contributed by atoms with Crippen molar-refractivity contribution in [3.05, 3.63) is 52.8 Å². The highest BCUT2D eigenvalue weighted by Gasteiger charge is 2.11. The van der Waals surface area contributed by atoms with Crippen LogP contribution in [0.3, 0.4) is 0 Å². The summed E-state index contributed by atoms with van der Waals surface area (Å²) in [6.07, 6.45) is 0. The molecule has 0 aliphatic carbocycles. The van der Waals surface area contributed by atoms with Gasteiger partial charge >= 0.3 is 0 Å². The van der Waals surface area contributed by atoms with Crippen LogP contribution in [-0.4, -0.2) is 7.11 Å². The summed E-state index contributed by atoms with van der Waals surface area (Å²) in [4.78, 5) is 0. The van der Waals surface area contributed by atoms with E-state index >= 15 is 0 Å². The molecule has 0 unspecified atom stereocenters. The number of nitrogen functional groups attached to an aromatic ring is 1. The van der Waals surface area contributed by atoms with E-state index in [4.69, 9.17) is 26.8 Å². The molecule has 2 aromatic carbocycles. The van der Waals surface area contributed by atoms with Crippen LogP contribution in [0.2, 0.25) is 5.02 Å². The Labute approximate surface area is 115 Å². The molecule has 0 amide bonds. The number of halogens is 2.